The molecular weight excluding hydrogens is 294 g/mol. The lowest BCUT2D eigenvalue weighted by Crippen LogP contribution is -1.96. The van der Waals surface area contributed by atoms with Gasteiger partial charge in [0.1, 0.15) is 11.5 Å². The second-order valence-electron chi connectivity index (χ2n) is 5.17. The average Bonchev–Trinajstić information content (AvgIpc) is 3.00. The standard InChI is InChI=1S/C18H19NO4/c1-22-14-8-15(23-2)17-16(11-6-4-3-5-7-11)13(10-21)19-18(17)12(14)9-20/h3-8,19-21H,9-10H2,1-2H3. The van der Waals surface area contributed by atoms with Gasteiger partial charge in [0.2, 0.25) is 0 Å². The Morgan fingerprint density at radius 1 is 0.957 bits per heavy atom. The molecular formula is C18H19NO4. The van der Waals surface area contributed by atoms with Crippen LogP contribution in [0.15, 0.2) is 36.4 Å². The Bertz CT molecular complexity index is 824. The highest BCUT2D eigenvalue weighted by Crippen LogP contribution is 2.43. The third-order valence-electron chi connectivity index (χ3n) is 4.00. The van der Waals surface area contributed by atoms with Crippen LogP contribution < -0.4 is 9.47 Å². The van der Waals surface area contributed by atoms with Crippen molar-refractivity contribution in [3.8, 4) is 22.6 Å². The molecule has 0 unspecified atom stereocenters. The number of aromatic amines is 1. The lowest BCUT2D eigenvalue weighted by atomic mass is 9.99. The van der Waals surface area contributed by atoms with Crippen LogP contribution in [0.1, 0.15) is 11.3 Å². The molecule has 5 nitrogen and oxygen atoms in total. The van der Waals surface area contributed by atoms with E-state index in [1.54, 1.807) is 20.3 Å². The molecule has 0 fully saturated rings. The Labute approximate surface area is 134 Å². The predicted molar refractivity (Wildman–Crippen MR) is 88.7 cm³/mol. The molecule has 0 bridgehead atoms. The zero-order valence-electron chi connectivity index (χ0n) is 13.1. The summed E-state index contributed by atoms with van der Waals surface area (Å²) in [7, 11) is 3.14. The molecule has 0 spiro atoms. The maximum atomic E-state index is 9.77. The summed E-state index contributed by atoms with van der Waals surface area (Å²) in [6.07, 6.45) is 0. The highest BCUT2D eigenvalue weighted by Gasteiger charge is 2.21. The van der Waals surface area contributed by atoms with Gasteiger partial charge in [-0.3, -0.25) is 0 Å². The Hall–Kier alpha value is -2.50. The number of aliphatic hydroxyl groups is 2. The van der Waals surface area contributed by atoms with E-state index in [1.165, 1.54) is 0 Å². The van der Waals surface area contributed by atoms with Crippen LogP contribution in [-0.4, -0.2) is 29.4 Å². The lowest BCUT2D eigenvalue weighted by molar-refractivity contribution is 0.274. The van der Waals surface area contributed by atoms with Crippen LogP contribution in [0.3, 0.4) is 0 Å². The Morgan fingerprint density at radius 3 is 2.22 bits per heavy atom. The SMILES string of the molecule is COc1cc(OC)c2c(-c3ccccc3)c(CO)[nH]c2c1CO. The van der Waals surface area contributed by atoms with Crippen LogP contribution in [0.4, 0.5) is 0 Å². The van der Waals surface area contributed by atoms with Crippen LogP contribution in [0.25, 0.3) is 22.0 Å². The molecule has 0 saturated heterocycles. The molecule has 5 heteroatoms. The third kappa shape index (κ3) is 2.44. The van der Waals surface area contributed by atoms with Crippen molar-refractivity contribution in [3.05, 3.63) is 47.7 Å². The van der Waals surface area contributed by atoms with Crippen molar-refractivity contribution in [2.24, 2.45) is 0 Å². The fourth-order valence-corrected chi connectivity index (χ4v) is 2.97. The fourth-order valence-electron chi connectivity index (χ4n) is 2.97. The number of H-pyrrole nitrogens is 1. The van der Waals surface area contributed by atoms with Gasteiger partial charge in [-0.25, -0.2) is 0 Å². The van der Waals surface area contributed by atoms with E-state index in [0.717, 1.165) is 16.5 Å². The van der Waals surface area contributed by atoms with Gasteiger partial charge in [-0.15, -0.1) is 0 Å². The summed E-state index contributed by atoms with van der Waals surface area (Å²) in [5.74, 6) is 1.17. The molecule has 0 aliphatic carbocycles. The Morgan fingerprint density at radius 2 is 1.65 bits per heavy atom. The van der Waals surface area contributed by atoms with E-state index in [9.17, 15) is 10.2 Å². The van der Waals surface area contributed by atoms with E-state index in [-0.39, 0.29) is 13.2 Å². The second kappa shape index (κ2) is 6.32. The molecule has 2 aromatic carbocycles. The molecule has 3 aromatic rings. The number of aromatic nitrogens is 1. The second-order valence-corrected chi connectivity index (χ2v) is 5.17. The minimum absolute atomic E-state index is 0.144. The normalized spacial score (nSPS) is 11.0. The minimum atomic E-state index is -0.177. The molecule has 0 amide bonds. The summed E-state index contributed by atoms with van der Waals surface area (Å²) in [5, 5.41) is 20.3. The molecule has 1 heterocycles. The molecule has 0 aliphatic heterocycles. The molecule has 23 heavy (non-hydrogen) atoms. The number of fused-ring (bicyclic) bond motifs is 1. The minimum Gasteiger partial charge on any atom is -0.496 e. The van der Waals surface area contributed by atoms with Crippen molar-refractivity contribution in [2.75, 3.05) is 14.2 Å². The molecule has 0 atom stereocenters. The number of hydrogen-bond donors (Lipinski definition) is 3. The molecule has 120 valence electrons. The smallest absolute Gasteiger partial charge is 0.132 e. The molecule has 1 aromatic heterocycles. The van der Waals surface area contributed by atoms with E-state index in [1.807, 2.05) is 30.3 Å². The summed E-state index contributed by atoms with van der Waals surface area (Å²) >= 11 is 0. The summed E-state index contributed by atoms with van der Waals surface area (Å²) in [6.45, 7) is -0.321. The van der Waals surface area contributed by atoms with Crippen molar-refractivity contribution < 1.29 is 19.7 Å². The molecule has 3 N–H and O–H groups in total. The van der Waals surface area contributed by atoms with Crippen LogP contribution in [0.5, 0.6) is 11.5 Å². The summed E-state index contributed by atoms with van der Waals surface area (Å²) < 4.78 is 10.9. The largest absolute Gasteiger partial charge is 0.496 e. The predicted octanol–water partition coefficient (Wildman–Crippen LogP) is 2.84. The zero-order chi connectivity index (χ0) is 16.4. The van der Waals surface area contributed by atoms with Crippen molar-refractivity contribution in [1.82, 2.24) is 4.98 Å². The van der Waals surface area contributed by atoms with Crippen LogP contribution >= 0.6 is 0 Å². The zero-order valence-corrected chi connectivity index (χ0v) is 13.1. The maximum absolute atomic E-state index is 9.77. The first-order valence-corrected chi connectivity index (χ1v) is 7.30. The summed E-state index contributed by atoms with van der Waals surface area (Å²) in [5.41, 5.74) is 3.87. The Balaban J connectivity index is 2.44. The van der Waals surface area contributed by atoms with Crippen molar-refractivity contribution >= 4 is 10.9 Å². The van der Waals surface area contributed by atoms with Gasteiger partial charge in [0, 0.05) is 22.9 Å². The van der Waals surface area contributed by atoms with E-state index in [2.05, 4.69) is 4.98 Å². The highest BCUT2D eigenvalue weighted by atomic mass is 16.5. The van der Waals surface area contributed by atoms with Gasteiger partial charge in [-0.1, -0.05) is 30.3 Å². The number of methoxy groups -OCH3 is 2. The number of rotatable bonds is 5. The highest BCUT2D eigenvalue weighted by molar-refractivity contribution is 6.04. The first-order chi connectivity index (χ1) is 11.2. The van der Waals surface area contributed by atoms with E-state index < -0.39 is 0 Å². The monoisotopic (exact) mass is 313 g/mol. The number of nitrogens with one attached hydrogen (secondary N) is 1. The third-order valence-corrected chi connectivity index (χ3v) is 4.00. The van der Waals surface area contributed by atoms with Crippen molar-refractivity contribution in [1.29, 1.82) is 0 Å². The lowest BCUT2D eigenvalue weighted by Gasteiger charge is -2.12. The average molecular weight is 313 g/mol. The first kappa shape index (κ1) is 15.4. The van der Waals surface area contributed by atoms with Crippen LogP contribution in [0, 0.1) is 0 Å². The van der Waals surface area contributed by atoms with Gasteiger partial charge in [0.05, 0.1) is 38.3 Å². The van der Waals surface area contributed by atoms with Gasteiger partial charge in [0.25, 0.3) is 0 Å². The Kier molecular flexibility index (Phi) is 4.23. The van der Waals surface area contributed by atoms with E-state index in [4.69, 9.17) is 9.47 Å². The van der Waals surface area contributed by atoms with Gasteiger partial charge in [-0.2, -0.15) is 0 Å². The first-order valence-electron chi connectivity index (χ1n) is 7.30. The molecule has 0 radical (unpaired) electrons. The molecule has 0 saturated carbocycles. The molecule has 0 aliphatic rings. The van der Waals surface area contributed by atoms with Crippen molar-refractivity contribution in [2.45, 2.75) is 13.2 Å². The number of benzene rings is 2. The van der Waals surface area contributed by atoms with Crippen LogP contribution in [0.2, 0.25) is 0 Å². The topological polar surface area (TPSA) is 74.7 Å². The summed E-state index contributed by atoms with van der Waals surface area (Å²) in [6, 6.07) is 11.5. The fraction of sp³-hybridized carbons (Fsp3) is 0.222. The molecule has 3 rings (SSSR count). The van der Waals surface area contributed by atoms with Crippen molar-refractivity contribution in [3.63, 3.8) is 0 Å². The number of aliphatic hydroxyl groups excluding tert-OH is 2. The van der Waals surface area contributed by atoms with Gasteiger partial charge in [0.15, 0.2) is 0 Å². The maximum Gasteiger partial charge on any atom is 0.132 e. The van der Waals surface area contributed by atoms with Gasteiger partial charge >= 0.3 is 0 Å². The van der Waals surface area contributed by atoms with Gasteiger partial charge in [-0.05, 0) is 5.56 Å². The number of ether oxygens (including phenoxy) is 2. The van der Waals surface area contributed by atoms with E-state index >= 15 is 0 Å². The summed E-state index contributed by atoms with van der Waals surface area (Å²) in [4.78, 5) is 3.21. The van der Waals surface area contributed by atoms with Gasteiger partial charge < -0.3 is 24.7 Å². The quantitative estimate of drug-likeness (QED) is 0.677. The van der Waals surface area contributed by atoms with E-state index in [0.29, 0.717) is 28.3 Å². The number of hydrogen-bond acceptors (Lipinski definition) is 4. The van der Waals surface area contributed by atoms with Crippen LogP contribution in [-0.2, 0) is 13.2 Å².